The lowest BCUT2D eigenvalue weighted by Gasteiger charge is -2.32. The van der Waals surface area contributed by atoms with Crippen LogP contribution in [0.2, 0.25) is 5.02 Å². The molecule has 7 nitrogen and oxygen atoms in total. The molecule has 29 heavy (non-hydrogen) atoms. The van der Waals surface area contributed by atoms with E-state index < -0.39 is 0 Å². The van der Waals surface area contributed by atoms with Gasteiger partial charge in [-0.1, -0.05) is 11.6 Å². The normalized spacial score (nSPS) is 21.9. The van der Waals surface area contributed by atoms with Crippen LogP contribution in [0.4, 0.5) is 11.6 Å². The van der Waals surface area contributed by atoms with Crippen LogP contribution in [0.25, 0.3) is 0 Å². The zero-order valence-corrected chi connectivity index (χ0v) is 17.3. The van der Waals surface area contributed by atoms with Crippen LogP contribution < -0.4 is 19.9 Å². The summed E-state index contributed by atoms with van der Waals surface area (Å²) in [4.78, 5) is 25.9. The van der Waals surface area contributed by atoms with E-state index in [0.29, 0.717) is 17.5 Å². The number of hydrogen-bond donors (Lipinski definition) is 1. The zero-order valence-electron chi connectivity index (χ0n) is 16.6. The van der Waals surface area contributed by atoms with Crippen LogP contribution in [0, 0.1) is 5.92 Å². The molecule has 2 aliphatic rings. The molecule has 2 atom stereocenters. The van der Waals surface area contributed by atoms with Gasteiger partial charge in [0.25, 0.3) is 0 Å². The summed E-state index contributed by atoms with van der Waals surface area (Å²) in [5.74, 6) is 1.58. The van der Waals surface area contributed by atoms with Gasteiger partial charge in [-0.3, -0.25) is 4.79 Å². The molecule has 1 aromatic heterocycles. The van der Waals surface area contributed by atoms with Crippen molar-refractivity contribution >= 4 is 29.1 Å². The summed E-state index contributed by atoms with van der Waals surface area (Å²) in [6.07, 6.45) is 6.24. The molecule has 3 heterocycles. The standard InChI is InChI=1S/C21H26ClN5O2/c1-29-19-6-5-16(22)12-18(19)26-11-7-17(14-26)25-20(28)15-4-2-10-27(13-15)21-23-8-3-9-24-21/h3,5-6,8-9,12,15,17H,2,4,7,10-11,13-14H2,1H3,(H,25,28). The molecular formula is C21H26ClN5O2. The number of halogens is 1. The van der Waals surface area contributed by atoms with E-state index in [4.69, 9.17) is 16.3 Å². The molecule has 0 aliphatic carbocycles. The molecule has 1 N–H and O–H groups in total. The number of ether oxygens (including phenoxy) is 1. The number of piperidine rings is 1. The average Bonchev–Trinajstić information content (AvgIpc) is 3.22. The number of carbonyl (C=O) groups excluding carboxylic acids is 1. The van der Waals surface area contributed by atoms with Crippen LogP contribution in [-0.2, 0) is 4.79 Å². The Morgan fingerprint density at radius 2 is 2.00 bits per heavy atom. The minimum Gasteiger partial charge on any atom is -0.495 e. The summed E-state index contributed by atoms with van der Waals surface area (Å²) in [6, 6.07) is 7.55. The van der Waals surface area contributed by atoms with E-state index in [2.05, 4.69) is 25.1 Å². The number of benzene rings is 1. The first-order chi connectivity index (χ1) is 14.1. The molecule has 1 aromatic carbocycles. The summed E-state index contributed by atoms with van der Waals surface area (Å²) in [7, 11) is 1.66. The van der Waals surface area contributed by atoms with Crippen LogP contribution in [0.5, 0.6) is 5.75 Å². The molecule has 2 aromatic rings. The van der Waals surface area contributed by atoms with Gasteiger partial charge in [-0.25, -0.2) is 9.97 Å². The largest absolute Gasteiger partial charge is 0.495 e. The summed E-state index contributed by atoms with van der Waals surface area (Å²) in [6.45, 7) is 3.16. The molecule has 154 valence electrons. The van der Waals surface area contributed by atoms with Gasteiger partial charge in [-0.05, 0) is 43.5 Å². The zero-order chi connectivity index (χ0) is 20.2. The van der Waals surface area contributed by atoms with Gasteiger partial charge in [-0.15, -0.1) is 0 Å². The first kappa shape index (κ1) is 19.8. The molecule has 2 unspecified atom stereocenters. The van der Waals surface area contributed by atoms with Crippen molar-refractivity contribution in [3.63, 3.8) is 0 Å². The van der Waals surface area contributed by atoms with Gasteiger partial charge in [0.2, 0.25) is 11.9 Å². The predicted octanol–water partition coefficient (Wildman–Crippen LogP) is 2.75. The van der Waals surface area contributed by atoms with E-state index in [9.17, 15) is 4.79 Å². The van der Waals surface area contributed by atoms with E-state index in [0.717, 1.165) is 50.3 Å². The highest BCUT2D eigenvalue weighted by atomic mass is 35.5. The molecule has 8 heteroatoms. The molecular weight excluding hydrogens is 390 g/mol. The fourth-order valence-electron chi connectivity index (χ4n) is 4.15. The number of methoxy groups -OCH3 is 1. The SMILES string of the molecule is COc1ccc(Cl)cc1N1CCC(NC(=O)C2CCCN(c3ncccn3)C2)C1. The number of aromatic nitrogens is 2. The van der Waals surface area contributed by atoms with Gasteiger partial charge in [0, 0.05) is 49.6 Å². The maximum atomic E-state index is 12.9. The average molecular weight is 416 g/mol. The monoisotopic (exact) mass is 415 g/mol. The molecule has 4 rings (SSSR count). The fourth-order valence-corrected chi connectivity index (χ4v) is 4.32. The lowest BCUT2D eigenvalue weighted by Crippen LogP contribution is -2.47. The minimum atomic E-state index is -0.0395. The summed E-state index contributed by atoms with van der Waals surface area (Å²) < 4.78 is 5.47. The van der Waals surface area contributed by atoms with Gasteiger partial charge in [-0.2, -0.15) is 0 Å². The first-order valence-corrected chi connectivity index (χ1v) is 10.4. The Balaban J connectivity index is 1.35. The number of anilines is 2. The quantitative estimate of drug-likeness (QED) is 0.809. The van der Waals surface area contributed by atoms with E-state index in [1.165, 1.54) is 0 Å². The Morgan fingerprint density at radius 3 is 2.79 bits per heavy atom. The van der Waals surface area contributed by atoms with Crippen LogP contribution in [-0.4, -0.2) is 55.2 Å². The Hall–Kier alpha value is -2.54. The van der Waals surface area contributed by atoms with Gasteiger partial charge in [0.15, 0.2) is 0 Å². The topological polar surface area (TPSA) is 70.6 Å². The van der Waals surface area contributed by atoms with Crippen LogP contribution >= 0.6 is 11.6 Å². The predicted molar refractivity (Wildman–Crippen MR) is 114 cm³/mol. The van der Waals surface area contributed by atoms with Gasteiger partial charge < -0.3 is 19.9 Å². The lowest BCUT2D eigenvalue weighted by molar-refractivity contribution is -0.125. The fraction of sp³-hybridized carbons (Fsp3) is 0.476. The summed E-state index contributed by atoms with van der Waals surface area (Å²) in [5.41, 5.74) is 0.974. The second-order valence-electron chi connectivity index (χ2n) is 7.59. The third kappa shape index (κ3) is 4.56. The highest BCUT2D eigenvalue weighted by Crippen LogP contribution is 2.33. The highest BCUT2D eigenvalue weighted by Gasteiger charge is 2.31. The molecule has 0 saturated carbocycles. The van der Waals surface area contributed by atoms with E-state index in [1.807, 2.05) is 18.2 Å². The third-order valence-corrected chi connectivity index (χ3v) is 5.88. The first-order valence-electron chi connectivity index (χ1n) is 10.0. The number of carbonyl (C=O) groups is 1. The van der Waals surface area contributed by atoms with Crippen LogP contribution in [0.3, 0.4) is 0 Å². The lowest BCUT2D eigenvalue weighted by atomic mass is 9.97. The number of amides is 1. The Kier molecular flexibility index (Phi) is 6.04. The van der Waals surface area contributed by atoms with Gasteiger partial charge in [0.1, 0.15) is 5.75 Å². The molecule has 0 bridgehead atoms. The van der Waals surface area contributed by atoms with Crippen molar-refractivity contribution in [3.8, 4) is 5.75 Å². The van der Waals surface area contributed by atoms with Gasteiger partial charge in [0.05, 0.1) is 18.7 Å². The number of rotatable bonds is 5. The van der Waals surface area contributed by atoms with Crippen molar-refractivity contribution in [1.29, 1.82) is 0 Å². The summed E-state index contributed by atoms with van der Waals surface area (Å²) >= 11 is 6.17. The van der Waals surface area contributed by atoms with Crippen molar-refractivity contribution < 1.29 is 9.53 Å². The maximum Gasteiger partial charge on any atom is 0.225 e. The third-order valence-electron chi connectivity index (χ3n) is 5.64. The Morgan fingerprint density at radius 1 is 1.17 bits per heavy atom. The Labute approximate surface area is 176 Å². The maximum absolute atomic E-state index is 12.9. The molecule has 0 radical (unpaired) electrons. The smallest absolute Gasteiger partial charge is 0.225 e. The minimum absolute atomic E-state index is 0.0395. The number of hydrogen-bond acceptors (Lipinski definition) is 6. The van der Waals surface area contributed by atoms with Crippen molar-refractivity contribution in [2.45, 2.75) is 25.3 Å². The van der Waals surface area contributed by atoms with Crippen LogP contribution in [0.15, 0.2) is 36.7 Å². The van der Waals surface area contributed by atoms with E-state index in [-0.39, 0.29) is 17.9 Å². The van der Waals surface area contributed by atoms with E-state index in [1.54, 1.807) is 25.6 Å². The molecule has 0 spiro atoms. The number of nitrogens with zero attached hydrogens (tertiary/aromatic N) is 4. The second kappa shape index (κ2) is 8.86. The van der Waals surface area contributed by atoms with Crippen molar-refractivity contribution in [1.82, 2.24) is 15.3 Å². The van der Waals surface area contributed by atoms with Crippen molar-refractivity contribution in [2.24, 2.45) is 5.92 Å². The molecule has 2 fully saturated rings. The van der Waals surface area contributed by atoms with Crippen LogP contribution in [0.1, 0.15) is 19.3 Å². The van der Waals surface area contributed by atoms with E-state index >= 15 is 0 Å². The highest BCUT2D eigenvalue weighted by molar-refractivity contribution is 6.30. The van der Waals surface area contributed by atoms with Crippen molar-refractivity contribution in [3.05, 3.63) is 41.7 Å². The van der Waals surface area contributed by atoms with Crippen molar-refractivity contribution in [2.75, 3.05) is 43.1 Å². The Bertz CT molecular complexity index is 850. The number of nitrogens with one attached hydrogen (secondary N) is 1. The molecule has 1 amide bonds. The molecule has 2 saturated heterocycles. The summed E-state index contributed by atoms with van der Waals surface area (Å²) in [5, 5.41) is 3.93. The van der Waals surface area contributed by atoms with Gasteiger partial charge >= 0.3 is 0 Å². The second-order valence-corrected chi connectivity index (χ2v) is 8.03. The molecule has 2 aliphatic heterocycles.